The van der Waals surface area contributed by atoms with E-state index in [4.69, 9.17) is 9.47 Å². The zero-order valence-electron chi connectivity index (χ0n) is 19.6. The molecule has 0 fully saturated rings. The monoisotopic (exact) mass is 486 g/mol. The lowest BCUT2D eigenvalue weighted by atomic mass is 10.0. The van der Waals surface area contributed by atoms with Crippen molar-refractivity contribution in [2.45, 2.75) is 52.5 Å². The lowest BCUT2D eigenvalue weighted by Gasteiger charge is -2.19. The van der Waals surface area contributed by atoms with Gasteiger partial charge in [0.25, 0.3) is 11.8 Å². The van der Waals surface area contributed by atoms with Gasteiger partial charge in [-0.3, -0.25) is 9.59 Å². The number of benzene rings is 1. The van der Waals surface area contributed by atoms with Crippen LogP contribution in [0, 0.1) is 5.92 Å². The van der Waals surface area contributed by atoms with Gasteiger partial charge < -0.3 is 20.1 Å². The van der Waals surface area contributed by atoms with Gasteiger partial charge in [0, 0.05) is 10.4 Å². The van der Waals surface area contributed by atoms with Crippen LogP contribution in [0.2, 0.25) is 0 Å². The fourth-order valence-electron chi connectivity index (χ4n) is 3.83. The van der Waals surface area contributed by atoms with Gasteiger partial charge in [-0.05, 0) is 56.2 Å². The van der Waals surface area contributed by atoms with Gasteiger partial charge in [-0.2, -0.15) is 0 Å². The van der Waals surface area contributed by atoms with Crippen molar-refractivity contribution in [3.8, 4) is 0 Å². The van der Waals surface area contributed by atoms with Gasteiger partial charge in [0.1, 0.15) is 11.0 Å². The van der Waals surface area contributed by atoms with Gasteiger partial charge in [0.05, 0.1) is 12.2 Å². The molecule has 1 aliphatic carbocycles. The molecule has 2 N–H and O–H groups in total. The predicted molar refractivity (Wildman–Crippen MR) is 129 cm³/mol. The third-order valence-electron chi connectivity index (χ3n) is 5.33. The molecule has 34 heavy (non-hydrogen) atoms. The first-order chi connectivity index (χ1) is 16.3. The van der Waals surface area contributed by atoms with Crippen molar-refractivity contribution in [1.82, 2.24) is 5.32 Å². The van der Waals surface area contributed by atoms with Gasteiger partial charge in [0.15, 0.2) is 6.61 Å². The van der Waals surface area contributed by atoms with Crippen LogP contribution in [-0.2, 0) is 31.9 Å². The van der Waals surface area contributed by atoms with E-state index in [1.54, 1.807) is 37.3 Å². The molecule has 0 radical (unpaired) electrons. The van der Waals surface area contributed by atoms with E-state index in [2.05, 4.69) is 10.6 Å². The number of thiophene rings is 1. The summed E-state index contributed by atoms with van der Waals surface area (Å²) in [7, 11) is 0. The maximum atomic E-state index is 12.7. The number of carbonyl (C=O) groups is 4. The number of hydrogen-bond acceptors (Lipinski definition) is 7. The summed E-state index contributed by atoms with van der Waals surface area (Å²) in [5, 5.41) is 5.81. The Kier molecular flexibility index (Phi) is 8.81. The first kappa shape index (κ1) is 25.4. The maximum Gasteiger partial charge on any atom is 0.341 e. The molecule has 0 unspecified atom stereocenters. The number of hydrogen-bond donors (Lipinski definition) is 2. The summed E-state index contributed by atoms with van der Waals surface area (Å²) >= 11 is 1.36. The Morgan fingerprint density at radius 2 is 1.79 bits per heavy atom. The second kappa shape index (κ2) is 11.8. The van der Waals surface area contributed by atoms with Gasteiger partial charge in [-0.1, -0.05) is 32.0 Å². The molecule has 0 bridgehead atoms. The van der Waals surface area contributed by atoms with Gasteiger partial charge in [0.2, 0.25) is 0 Å². The Balaban J connectivity index is 1.62. The number of aryl methyl sites for hydroxylation is 1. The number of amides is 2. The number of rotatable bonds is 10. The van der Waals surface area contributed by atoms with Gasteiger partial charge in [-0.25, -0.2) is 9.59 Å². The molecule has 1 heterocycles. The smallest absolute Gasteiger partial charge is 0.341 e. The third kappa shape index (κ3) is 6.44. The van der Waals surface area contributed by atoms with Crippen molar-refractivity contribution >= 4 is 40.1 Å². The summed E-state index contributed by atoms with van der Waals surface area (Å²) in [6.45, 7) is 5.29. The SMILES string of the molecule is CCOC(=O)c1c(NC(=O)COC(=O)[C@@H](CC(C)C)NC(=O)c2ccccc2)sc2c1CCC2. The van der Waals surface area contributed by atoms with Crippen LogP contribution in [0.4, 0.5) is 5.00 Å². The minimum absolute atomic E-state index is 0.114. The topological polar surface area (TPSA) is 111 Å². The zero-order valence-corrected chi connectivity index (χ0v) is 20.5. The van der Waals surface area contributed by atoms with Crippen LogP contribution in [0.1, 0.15) is 64.8 Å². The van der Waals surface area contributed by atoms with E-state index < -0.39 is 30.5 Å². The van der Waals surface area contributed by atoms with Crippen molar-refractivity contribution in [2.24, 2.45) is 5.92 Å². The summed E-state index contributed by atoms with van der Waals surface area (Å²) in [5.74, 6) is -1.98. The molecule has 1 aliphatic rings. The largest absolute Gasteiger partial charge is 0.462 e. The highest BCUT2D eigenvalue weighted by Gasteiger charge is 2.29. The Bertz CT molecular complexity index is 1050. The first-order valence-corrected chi connectivity index (χ1v) is 12.3. The molecular formula is C25H30N2O6S. The van der Waals surface area contributed by atoms with Crippen molar-refractivity contribution in [2.75, 3.05) is 18.5 Å². The molecule has 2 amide bonds. The minimum Gasteiger partial charge on any atom is -0.462 e. The average molecular weight is 487 g/mol. The molecule has 0 aliphatic heterocycles. The van der Waals surface area contributed by atoms with E-state index >= 15 is 0 Å². The molecule has 0 saturated heterocycles. The Labute approximate surface area is 203 Å². The summed E-state index contributed by atoms with van der Waals surface area (Å²) < 4.78 is 10.4. The van der Waals surface area contributed by atoms with Crippen LogP contribution in [-0.4, -0.2) is 43.0 Å². The molecule has 8 nitrogen and oxygen atoms in total. The summed E-state index contributed by atoms with van der Waals surface area (Å²) in [5.41, 5.74) is 1.75. The summed E-state index contributed by atoms with van der Waals surface area (Å²) in [4.78, 5) is 51.3. The van der Waals surface area contributed by atoms with Crippen molar-refractivity contribution < 1.29 is 28.7 Å². The highest BCUT2D eigenvalue weighted by atomic mass is 32.1. The number of anilines is 1. The molecule has 182 valence electrons. The fraction of sp³-hybridized carbons (Fsp3) is 0.440. The average Bonchev–Trinajstić information content (AvgIpc) is 3.38. The molecule has 3 rings (SSSR count). The Hall–Kier alpha value is -3.20. The quantitative estimate of drug-likeness (QED) is 0.495. The van der Waals surface area contributed by atoms with Crippen LogP contribution < -0.4 is 10.6 Å². The van der Waals surface area contributed by atoms with Crippen LogP contribution in [0.3, 0.4) is 0 Å². The van der Waals surface area contributed by atoms with Gasteiger partial charge in [-0.15, -0.1) is 11.3 Å². The van der Waals surface area contributed by atoms with Crippen LogP contribution in [0.15, 0.2) is 30.3 Å². The normalized spacial score (nSPS) is 13.2. The lowest BCUT2D eigenvalue weighted by molar-refractivity contribution is -0.149. The first-order valence-electron chi connectivity index (χ1n) is 11.4. The molecule has 0 spiro atoms. The Morgan fingerprint density at radius 1 is 1.06 bits per heavy atom. The second-order valence-corrected chi connectivity index (χ2v) is 9.56. The number of ether oxygens (including phenoxy) is 2. The number of carbonyl (C=O) groups excluding carboxylic acids is 4. The summed E-state index contributed by atoms with van der Waals surface area (Å²) in [6, 6.07) is 7.69. The highest BCUT2D eigenvalue weighted by molar-refractivity contribution is 7.17. The van der Waals surface area contributed by atoms with E-state index in [9.17, 15) is 19.2 Å². The maximum absolute atomic E-state index is 12.7. The van der Waals surface area contributed by atoms with E-state index in [1.165, 1.54) is 11.3 Å². The van der Waals surface area contributed by atoms with Crippen molar-refractivity contribution in [3.05, 3.63) is 51.9 Å². The van der Waals surface area contributed by atoms with Crippen LogP contribution in [0.25, 0.3) is 0 Å². The van der Waals surface area contributed by atoms with E-state index in [1.807, 2.05) is 13.8 Å². The fourth-order valence-corrected chi connectivity index (χ4v) is 5.12. The van der Waals surface area contributed by atoms with Crippen LogP contribution in [0.5, 0.6) is 0 Å². The third-order valence-corrected chi connectivity index (χ3v) is 6.54. The molecule has 1 aromatic heterocycles. The highest BCUT2D eigenvalue weighted by Crippen LogP contribution is 2.39. The van der Waals surface area contributed by atoms with Crippen LogP contribution >= 0.6 is 11.3 Å². The second-order valence-electron chi connectivity index (χ2n) is 8.46. The molecular weight excluding hydrogens is 456 g/mol. The van der Waals surface area contributed by atoms with E-state index in [-0.39, 0.29) is 18.4 Å². The van der Waals surface area contributed by atoms with E-state index in [0.717, 1.165) is 29.7 Å². The summed E-state index contributed by atoms with van der Waals surface area (Å²) in [6.07, 6.45) is 2.95. The van der Waals surface area contributed by atoms with Gasteiger partial charge >= 0.3 is 11.9 Å². The van der Waals surface area contributed by atoms with Crippen molar-refractivity contribution in [1.29, 1.82) is 0 Å². The zero-order chi connectivity index (χ0) is 24.7. The number of fused-ring (bicyclic) bond motifs is 1. The minimum atomic E-state index is -0.888. The molecule has 9 heteroatoms. The standard InChI is InChI=1S/C25H30N2O6S/c1-4-32-25(31)21-17-11-8-12-19(17)34-23(21)27-20(28)14-33-24(30)18(13-15(2)3)26-22(29)16-9-6-5-7-10-16/h5-7,9-10,15,18H,4,8,11-14H2,1-3H3,(H,26,29)(H,27,28)/t18-/m1/s1. The number of nitrogens with one attached hydrogen (secondary N) is 2. The van der Waals surface area contributed by atoms with Crippen molar-refractivity contribution in [3.63, 3.8) is 0 Å². The molecule has 1 atom stereocenters. The molecule has 0 saturated carbocycles. The molecule has 2 aromatic rings. The predicted octanol–water partition coefficient (Wildman–Crippen LogP) is 3.74. The lowest BCUT2D eigenvalue weighted by Crippen LogP contribution is -2.43. The number of esters is 2. The van der Waals surface area contributed by atoms with E-state index in [0.29, 0.717) is 22.5 Å². The molecule has 1 aromatic carbocycles. The Morgan fingerprint density at radius 3 is 2.47 bits per heavy atom.